The maximum Gasteiger partial charge on any atom is 0.228 e. The number of hydrogen-bond donors (Lipinski definition) is 1. The molecule has 0 spiro atoms. The minimum Gasteiger partial charge on any atom is -0.310 e. The number of hydrogen-bond acceptors (Lipinski definition) is 3. The van der Waals surface area contributed by atoms with Crippen molar-refractivity contribution in [3.63, 3.8) is 0 Å². The fourth-order valence-corrected chi connectivity index (χ4v) is 3.11. The van der Waals surface area contributed by atoms with E-state index in [0.717, 1.165) is 31.6 Å². The summed E-state index contributed by atoms with van der Waals surface area (Å²) >= 11 is 6.03. The standard InChI is InChI=1S/C18H19ClN4O/c1-2-10-22-11-7-14(8-12-22)18(24)21-17-6-9-20-23(17)16-5-3-4-15(19)13-16/h1,3-6,9,13-14H,7-8,10-12H2,(H,21,24). The van der Waals surface area contributed by atoms with Crippen LogP contribution in [0.15, 0.2) is 36.5 Å². The molecule has 0 saturated carbocycles. The van der Waals surface area contributed by atoms with Gasteiger partial charge < -0.3 is 5.32 Å². The fraction of sp³-hybridized carbons (Fsp3) is 0.333. The smallest absolute Gasteiger partial charge is 0.228 e. The summed E-state index contributed by atoms with van der Waals surface area (Å²) in [6, 6.07) is 9.14. The van der Waals surface area contributed by atoms with Crippen molar-refractivity contribution >= 4 is 23.3 Å². The predicted octanol–water partition coefficient (Wildman–Crippen LogP) is 2.81. The second kappa shape index (κ2) is 7.52. The van der Waals surface area contributed by atoms with Gasteiger partial charge in [-0.3, -0.25) is 9.69 Å². The molecule has 1 aromatic carbocycles. The normalized spacial score (nSPS) is 15.8. The third kappa shape index (κ3) is 3.78. The molecule has 0 unspecified atom stereocenters. The summed E-state index contributed by atoms with van der Waals surface area (Å²) in [4.78, 5) is 14.7. The number of piperidine rings is 1. The van der Waals surface area contributed by atoms with Gasteiger partial charge >= 0.3 is 0 Å². The molecule has 1 fully saturated rings. The summed E-state index contributed by atoms with van der Waals surface area (Å²) in [6.45, 7) is 2.36. The fourth-order valence-electron chi connectivity index (χ4n) is 2.92. The minimum absolute atomic E-state index is 0.00161. The van der Waals surface area contributed by atoms with E-state index in [1.807, 2.05) is 18.2 Å². The molecule has 1 saturated heterocycles. The van der Waals surface area contributed by atoms with Gasteiger partial charge in [0, 0.05) is 17.0 Å². The molecular formula is C18H19ClN4O. The van der Waals surface area contributed by atoms with E-state index in [2.05, 4.69) is 21.2 Å². The molecule has 124 valence electrons. The molecular weight excluding hydrogens is 324 g/mol. The zero-order valence-electron chi connectivity index (χ0n) is 13.3. The van der Waals surface area contributed by atoms with E-state index in [9.17, 15) is 4.79 Å². The number of likely N-dealkylation sites (tertiary alicyclic amines) is 1. The van der Waals surface area contributed by atoms with Crippen molar-refractivity contribution in [2.24, 2.45) is 5.92 Å². The highest BCUT2D eigenvalue weighted by Crippen LogP contribution is 2.22. The first kappa shape index (κ1) is 16.6. The molecule has 24 heavy (non-hydrogen) atoms. The molecule has 1 aromatic heterocycles. The third-order valence-electron chi connectivity index (χ3n) is 4.22. The summed E-state index contributed by atoms with van der Waals surface area (Å²) in [6.07, 6.45) is 8.63. The number of aromatic nitrogens is 2. The van der Waals surface area contributed by atoms with Crippen LogP contribution in [0.1, 0.15) is 12.8 Å². The largest absolute Gasteiger partial charge is 0.310 e. The van der Waals surface area contributed by atoms with Gasteiger partial charge in [-0.25, -0.2) is 4.68 Å². The Bertz CT molecular complexity index is 756. The molecule has 0 radical (unpaired) electrons. The van der Waals surface area contributed by atoms with Gasteiger partial charge in [0.1, 0.15) is 5.82 Å². The van der Waals surface area contributed by atoms with Crippen LogP contribution in [0.25, 0.3) is 5.69 Å². The Morgan fingerprint density at radius 3 is 2.88 bits per heavy atom. The maximum absolute atomic E-state index is 12.5. The van der Waals surface area contributed by atoms with E-state index in [1.54, 1.807) is 23.0 Å². The number of benzene rings is 1. The van der Waals surface area contributed by atoms with Gasteiger partial charge in [0.25, 0.3) is 0 Å². The second-order valence-corrected chi connectivity index (χ2v) is 6.29. The summed E-state index contributed by atoms with van der Waals surface area (Å²) in [7, 11) is 0. The van der Waals surface area contributed by atoms with Gasteiger partial charge in [-0.15, -0.1) is 6.42 Å². The number of nitrogens with one attached hydrogen (secondary N) is 1. The van der Waals surface area contributed by atoms with Crippen molar-refractivity contribution in [1.29, 1.82) is 0 Å². The Balaban J connectivity index is 1.66. The van der Waals surface area contributed by atoms with Gasteiger partial charge in [0.15, 0.2) is 0 Å². The lowest BCUT2D eigenvalue weighted by Crippen LogP contribution is -2.38. The Morgan fingerprint density at radius 1 is 1.38 bits per heavy atom. The SMILES string of the molecule is C#CCN1CCC(C(=O)Nc2ccnn2-c2cccc(Cl)c2)CC1. The maximum atomic E-state index is 12.5. The summed E-state index contributed by atoms with van der Waals surface area (Å²) in [5, 5.41) is 7.89. The molecule has 5 nitrogen and oxygen atoms in total. The van der Waals surface area contributed by atoms with Crippen molar-refractivity contribution in [2.45, 2.75) is 12.8 Å². The van der Waals surface area contributed by atoms with E-state index in [4.69, 9.17) is 18.0 Å². The van der Waals surface area contributed by atoms with Crippen LogP contribution in [-0.2, 0) is 4.79 Å². The molecule has 1 amide bonds. The number of rotatable bonds is 4. The average Bonchev–Trinajstić information content (AvgIpc) is 3.04. The van der Waals surface area contributed by atoms with Crippen LogP contribution >= 0.6 is 11.6 Å². The van der Waals surface area contributed by atoms with Crippen LogP contribution in [0.3, 0.4) is 0 Å². The number of halogens is 1. The lowest BCUT2D eigenvalue weighted by molar-refractivity contribution is -0.121. The van der Waals surface area contributed by atoms with Crippen LogP contribution in [-0.4, -0.2) is 40.2 Å². The van der Waals surface area contributed by atoms with Crippen molar-refractivity contribution in [3.05, 3.63) is 41.6 Å². The number of carbonyl (C=O) groups excluding carboxylic acids is 1. The van der Waals surface area contributed by atoms with E-state index < -0.39 is 0 Å². The molecule has 1 N–H and O–H groups in total. The Morgan fingerprint density at radius 2 is 2.17 bits per heavy atom. The highest BCUT2D eigenvalue weighted by molar-refractivity contribution is 6.30. The van der Waals surface area contributed by atoms with E-state index in [0.29, 0.717) is 17.4 Å². The summed E-state index contributed by atoms with van der Waals surface area (Å²) in [5.74, 6) is 3.33. The second-order valence-electron chi connectivity index (χ2n) is 5.85. The number of amides is 1. The van der Waals surface area contributed by atoms with Crippen molar-refractivity contribution in [3.8, 4) is 18.0 Å². The van der Waals surface area contributed by atoms with Gasteiger partial charge in [0.2, 0.25) is 5.91 Å². The Labute approximate surface area is 146 Å². The highest BCUT2D eigenvalue weighted by Gasteiger charge is 2.25. The third-order valence-corrected chi connectivity index (χ3v) is 4.46. The molecule has 2 heterocycles. The minimum atomic E-state index is 0.00161. The predicted molar refractivity (Wildman–Crippen MR) is 95.2 cm³/mol. The molecule has 0 aliphatic carbocycles. The monoisotopic (exact) mass is 342 g/mol. The van der Waals surface area contributed by atoms with Crippen molar-refractivity contribution in [2.75, 3.05) is 25.0 Å². The van der Waals surface area contributed by atoms with Crippen LogP contribution in [0.2, 0.25) is 5.02 Å². The van der Waals surface area contributed by atoms with Crippen LogP contribution in [0.5, 0.6) is 0 Å². The Kier molecular flexibility index (Phi) is 5.19. The van der Waals surface area contributed by atoms with Gasteiger partial charge in [-0.05, 0) is 44.1 Å². The van der Waals surface area contributed by atoms with Crippen LogP contribution in [0.4, 0.5) is 5.82 Å². The molecule has 2 aromatic rings. The van der Waals surface area contributed by atoms with E-state index in [-0.39, 0.29) is 11.8 Å². The Hall–Kier alpha value is -2.29. The quantitative estimate of drug-likeness (QED) is 0.869. The van der Waals surface area contributed by atoms with Crippen LogP contribution in [0, 0.1) is 18.3 Å². The van der Waals surface area contributed by atoms with Gasteiger partial charge in [-0.2, -0.15) is 5.10 Å². The summed E-state index contributed by atoms with van der Waals surface area (Å²) < 4.78 is 1.68. The topological polar surface area (TPSA) is 50.2 Å². The molecule has 0 atom stereocenters. The first-order chi connectivity index (χ1) is 11.7. The number of carbonyl (C=O) groups is 1. The number of anilines is 1. The first-order valence-corrected chi connectivity index (χ1v) is 8.32. The molecule has 1 aliphatic rings. The van der Waals surface area contributed by atoms with Gasteiger partial charge in [-0.1, -0.05) is 23.6 Å². The lowest BCUT2D eigenvalue weighted by Gasteiger charge is -2.29. The average molecular weight is 343 g/mol. The van der Waals surface area contributed by atoms with Crippen molar-refractivity contribution < 1.29 is 4.79 Å². The lowest BCUT2D eigenvalue weighted by atomic mass is 9.96. The highest BCUT2D eigenvalue weighted by atomic mass is 35.5. The molecule has 3 rings (SSSR count). The van der Waals surface area contributed by atoms with E-state index >= 15 is 0 Å². The summed E-state index contributed by atoms with van der Waals surface area (Å²) in [5.41, 5.74) is 0.812. The number of terminal acetylenes is 1. The van der Waals surface area contributed by atoms with Crippen molar-refractivity contribution in [1.82, 2.24) is 14.7 Å². The van der Waals surface area contributed by atoms with Crippen LogP contribution < -0.4 is 5.32 Å². The molecule has 0 bridgehead atoms. The van der Waals surface area contributed by atoms with E-state index in [1.165, 1.54) is 0 Å². The zero-order chi connectivity index (χ0) is 16.9. The zero-order valence-corrected chi connectivity index (χ0v) is 14.0. The first-order valence-electron chi connectivity index (χ1n) is 7.94. The molecule has 6 heteroatoms. The molecule has 1 aliphatic heterocycles. The van der Waals surface area contributed by atoms with Gasteiger partial charge in [0.05, 0.1) is 18.4 Å². The number of nitrogens with zero attached hydrogens (tertiary/aromatic N) is 3.